The first-order chi connectivity index (χ1) is 14.3. The first-order valence-corrected chi connectivity index (χ1v) is 9.57. The van der Waals surface area contributed by atoms with Crippen molar-refractivity contribution in [3.63, 3.8) is 0 Å². The number of ether oxygens (including phenoxy) is 2. The van der Waals surface area contributed by atoms with Crippen molar-refractivity contribution in [2.24, 2.45) is 0 Å². The minimum absolute atomic E-state index is 0.0518. The van der Waals surface area contributed by atoms with Gasteiger partial charge in [-0.1, -0.05) is 30.0 Å². The summed E-state index contributed by atoms with van der Waals surface area (Å²) in [6, 6.07) is 12.4. The molecule has 0 atom stereocenters. The third kappa shape index (κ3) is 7.03. The Labute approximate surface area is 176 Å². The molecule has 7 nitrogen and oxygen atoms in total. The van der Waals surface area contributed by atoms with E-state index >= 15 is 0 Å². The minimum Gasteiger partial charge on any atom is -0.497 e. The molecule has 2 amide bonds. The third-order valence-corrected chi connectivity index (χ3v) is 4.60. The molecule has 0 radical (unpaired) electrons. The van der Waals surface area contributed by atoms with Crippen molar-refractivity contribution in [1.82, 2.24) is 4.90 Å². The van der Waals surface area contributed by atoms with E-state index in [9.17, 15) is 23.2 Å². The van der Waals surface area contributed by atoms with Crippen molar-refractivity contribution < 1.29 is 32.6 Å². The number of likely N-dealkylation sites (N-methyl/N-ethyl adjacent to an activating group) is 1. The molecule has 2 aromatic rings. The van der Waals surface area contributed by atoms with Gasteiger partial charge in [0.25, 0.3) is 11.7 Å². The van der Waals surface area contributed by atoms with E-state index in [0.29, 0.717) is 11.4 Å². The number of carbonyl (C=O) groups excluding carboxylic acids is 3. The topological polar surface area (TPSA) is 84.9 Å². The Morgan fingerprint density at radius 2 is 1.87 bits per heavy atom. The number of hydrogen-bond acceptors (Lipinski definition) is 6. The molecular formula is C20H20F2N2O5S. The number of anilines is 1. The van der Waals surface area contributed by atoms with E-state index in [-0.39, 0.29) is 28.8 Å². The number of benzene rings is 2. The van der Waals surface area contributed by atoms with Gasteiger partial charge >= 0.3 is 5.97 Å². The molecule has 30 heavy (non-hydrogen) atoms. The van der Waals surface area contributed by atoms with E-state index in [1.54, 1.807) is 24.3 Å². The summed E-state index contributed by atoms with van der Waals surface area (Å²) in [5.74, 6) is -4.11. The highest BCUT2D eigenvalue weighted by Crippen LogP contribution is 2.28. The van der Waals surface area contributed by atoms with Crippen LogP contribution in [0.1, 0.15) is 10.4 Å². The van der Waals surface area contributed by atoms with Crippen LogP contribution in [-0.2, 0) is 14.3 Å². The smallest absolute Gasteiger partial charge is 0.339 e. The van der Waals surface area contributed by atoms with Crippen LogP contribution in [0.3, 0.4) is 0 Å². The zero-order valence-corrected chi connectivity index (χ0v) is 17.1. The van der Waals surface area contributed by atoms with Crippen LogP contribution >= 0.6 is 11.8 Å². The van der Waals surface area contributed by atoms with Crippen molar-refractivity contribution in [3.05, 3.63) is 54.1 Å². The largest absolute Gasteiger partial charge is 0.497 e. The zero-order valence-electron chi connectivity index (χ0n) is 16.3. The fraction of sp³-hybridized carbons (Fsp3) is 0.250. The van der Waals surface area contributed by atoms with E-state index in [2.05, 4.69) is 5.32 Å². The molecule has 1 N–H and O–H groups in total. The molecule has 2 aromatic carbocycles. The second-order valence-electron chi connectivity index (χ2n) is 5.98. The number of alkyl halides is 2. The zero-order chi connectivity index (χ0) is 22.1. The number of nitrogens with one attached hydrogen (secondary N) is 1. The molecule has 0 fully saturated rings. The molecule has 0 heterocycles. The Balaban J connectivity index is 1.87. The summed E-state index contributed by atoms with van der Waals surface area (Å²) in [5, 5.41) is 2.62. The monoisotopic (exact) mass is 438 g/mol. The number of rotatable bonds is 9. The Morgan fingerprint density at radius 1 is 1.13 bits per heavy atom. The fourth-order valence-electron chi connectivity index (χ4n) is 2.35. The van der Waals surface area contributed by atoms with Crippen LogP contribution in [-0.4, -0.2) is 55.8 Å². The molecule has 0 spiro atoms. The number of nitrogens with zero attached hydrogens (tertiary/aromatic N) is 1. The van der Waals surface area contributed by atoms with Gasteiger partial charge in [0.05, 0.1) is 19.2 Å². The van der Waals surface area contributed by atoms with Gasteiger partial charge in [-0.2, -0.15) is 8.78 Å². The summed E-state index contributed by atoms with van der Waals surface area (Å²) in [6.07, 6.45) is 0. The molecule has 0 bridgehead atoms. The second-order valence-corrected chi connectivity index (χ2v) is 7.01. The standard InChI is InChI=1S/C20H20F2N2O5S/c1-24(11-17(25)23-13-6-5-7-14(10-13)28-2)18(26)12-29-19(27)15-8-3-4-9-16(15)30-20(21)22/h3-10,20H,11-12H2,1-2H3,(H,23,25). The average molecular weight is 438 g/mol. The SMILES string of the molecule is COc1cccc(NC(=O)CN(C)C(=O)COC(=O)c2ccccc2SC(F)F)c1. The number of methoxy groups -OCH3 is 1. The predicted molar refractivity (Wildman–Crippen MR) is 108 cm³/mol. The Hall–Kier alpha value is -3.14. The summed E-state index contributed by atoms with van der Waals surface area (Å²) in [4.78, 5) is 37.6. The molecular weight excluding hydrogens is 418 g/mol. The van der Waals surface area contributed by atoms with Crippen LogP contribution in [0.4, 0.5) is 14.5 Å². The van der Waals surface area contributed by atoms with E-state index in [0.717, 1.165) is 4.90 Å². The van der Waals surface area contributed by atoms with E-state index in [1.165, 1.54) is 38.4 Å². The normalized spacial score (nSPS) is 10.4. The van der Waals surface area contributed by atoms with Gasteiger partial charge in [0.1, 0.15) is 5.75 Å². The van der Waals surface area contributed by atoms with Crippen LogP contribution in [0, 0.1) is 0 Å². The van der Waals surface area contributed by atoms with Crippen LogP contribution in [0.15, 0.2) is 53.4 Å². The number of carbonyl (C=O) groups is 3. The number of amides is 2. The average Bonchev–Trinajstić information content (AvgIpc) is 2.71. The Morgan fingerprint density at radius 3 is 2.57 bits per heavy atom. The summed E-state index contributed by atoms with van der Waals surface area (Å²) in [5.41, 5.74) is 0.439. The summed E-state index contributed by atoms with van der Waals surface area (Å²) < 4.78 is 35.2. The first kappa shape index (κ1) is 23.1. The van der Waals surface area contributed by atoms with Crippen LogP contribution in [0.5, 0.6) is 5.75 Å². The van der Waals surface area contributed by atoms with Gasteiger partial charge in [-0.05, 0) is 24.3 Å². The number of thioether (sulfide) groups is 1. The van der Waals surface area contributed by atoms with E-state index in [4.69, 9.17) is 9.47 Å². The maximum Gasteiger partial charge on any atom is 0.339 e. The van der Waals surface area contributed by atoms with Crippen LogP contribution in [0.2, 0.25) is 0 Å². The molecule has 0 aliphatic heterocycles. The summed E-state index contributed by atoms with van der Waals surface area (Å²) in [7, 11) is 2.88. The van der Waals surface area contributed by atoms with Gasteiger partial charge in [0.2, 0.25) is 5.91 Å². The van der Waals surface area contributed by atoms with Crippen LogP contribution in [0.25, 0.3) is 0 Å². The second kappa shape index (κ2) is 11.1. The predicted octanol–water partition coefficient (Wildman–Crippen LogP) is 3.26. The molecule has 0 saturated heterocycles. The molecule has 2 rings (SSSR count). The molecule has 10 heteroatoms. The Kier molecular flexibility index (Phi) is 8.60. The highest BCUT2D eigenvalue weighted by molar-refractivity contribution is 7.99. The first-order valence-electron chi connectivity index (χ1n) is 8.69. The van der Waals surface area contributed by atoms with Crippen molar-refractivity contribution >= 4 is 35.2 Å². The minimum atomic E-state index is -2.70. The van der Waals surface area contributed by atoms with Gasteiger partial charge in [-0.25, -0.2) is 4.79 Å². The maximum atomic E-state index is 12.6. The lowest BCUT2D eigenvalue weighted by Crippen LogP contribution is -2.37. The quantitative estimate of drug-likeness (QED) is 0.478. The van der Waals surface area contributed by atoms with Gasteiger partial charge in [0.15, 0.2) is 6.61 Å². The third-order valence-electron chi connectivity index (χ3n) is 3.81. The van der Waals surface area contributed by atoms with Gasteiger partial charge < -0.3 is 19.7 Å². The molecule has 160 valence electrons. The number of esters is 1. The fourth-order valence-corrected chi connectivity index (χ4v) is 2.98. The Bertz CT molecular complexity index is 910. The van der Waals surface area contributed by atoms with E-state index < -0.39 is 30.1 Å². The molecule has 0 aliphatic carbocycles. The number of halogens is 2. The lowest BCUT2D eigenvalue weighted by atomic mass is 10.2. The van der Waals surface area contributed by atoms with Gasteiger partial charge in [0, 0.05) is 23.7 Å². The van der Waals surface area contributed by atoms with Crippen molar-refractivity contribution in [2.75, 3.05) is 32.6 Å². The molecule has 0 saturated carbocycles. The summed E-state index contributed by atoms with van der Waals surface area (Å²) >= 11 is 0.214. The molecule has 0 aromatic heterocycles. The van der Waals surface area contributed by atoms with Gasteiger partial charge in [-0.3, -0.25) is 9.59 Å². The van der Waals surface area contributed by atoms with Crippen molar-refractivity contribution in [1.29, 1.82) is 0 Å². The van der Waals surface area contributed by atoms with Crippen molar-refractivity contribution in [2.45, 2.75) is 10.7 Å². The van der Waals surface area contributed by atoms with Gasteiger partial charge in [-0.15, -0.1) is 0 Å². The van der Waals surface area contributed by atoms with Crippen LogP contribution < -0.4 is 10.1 Å². The van der Waals surface area contributed by atoms with E-state index in [1.807, 2.05) is 0 Å². The lowest BCUT2D eigenvalue weighted by Gasteiger charge is -2.17. The lowest BCUT2D eigenvalue weighted by molar-refractivity contribution is -0.136. The van der Waals surface area contributed by atoms with Crippen molar-refractivity contribution in [3.8, 4) is 5.75 Å². The maximum absolute atomic E-state index is 12.6. The molecule has 0 unspecified atom stereocenters. The highest BCUT2D eigenvalue weighted by Gasteiger charge is 2.19. The molecule has 0 aliphatic rings. The summed E-state index contributed by atoms with van der Waals surface area (Å²) in [6.45, 7) is -0.902. The number of hydrogen-bond donors (Lipinski definition) is 1. The highest BCUT2D eigenvalue weighted by atomic mass is 32.2.